The van der Waals surface area contributed by atoms with Crippen molar-refractivity contribution in [2.24, 2.45) is 5.92 Å². The van der Waals surface area contributed by atoms with E-state index in [-0.39, 0.29) is 0 Å². The van der Waals surface area contributed by atoms with Gasteiger partial charge >= 0.3 is 0 Å². The molecule has 0 aromatic heterocycles. The van der Waals surface area contributed by atoms with Crippen LogP contribution < -0.4 is 0 Å². The number of hydrogen-bond donors (Lipinski definition) is 0. The van der Waals surface area contributed by atoms with Gasteiger partial charge in [0.15, 0.2) is 0 Å². The smallest absolute Gasteiger partial charge is 0.0492 e. The van der Waals surface area contributed by atoms with Gasteiger partial charge in [0.25, 0.3) is 0 Å². The zero-order chi connectivity index (χ0) is 9.42. The molecule has 1 atom stereocenters. The van der Waals surface area contributed by atoms with Gasteiger partial charge in [-0.25, -0.2) is 0 Å². The van der Waals surface area contributed by atoms with Crippen LogP contribution in [0.15, 0.2) is 18.2 Å². The lowest BCUT2D eigenvalue weighted by molar-refractivity contribution is 0.672. The summed E-state index contributed by atoms with van der Waals surface area (Å²) in [7, 11) is 0. The topological polar surface area (TPSA) is 0 Å². The first-order valence-electron chi connectivity index (χ1n) is 4.51. The summed E-state index contributed by atoms with van der Waals surface area (Å²) in [5, 5.41) is 0.814. The summed E-state index contributed by atoms with van der Waals surface area (Å²) in [5.74, 6) is 0.502. The fourth-order valence-corrected chi connectivity index (χ4v) is 2.51. The van der Waals surface area contributed by atoms with Gasteiger partial charge in [0, 0.05) is 15.5 Å². The van der Waals surface area contributed by atoms with Gasteiger partial charge in [0.05, 0.1) is 0 Å². The molecule has 0 heterocycles. The first-order chi connectivity index (χ1) is 6.20. The van der Waals surface area contributed by atoms with E-state index < -0.39 is 0 Å². The Morgan fingerprint density at radius 2 is 2.23 bits per heavy atom. The molecular weight excluding hydrogens is 200 g/mol. The molecule has 13 heavy (non-hydrogen) atoms. The van der Waals surface area contributed by atoms with Gasteiger partial charge in [-0.2, -0.15) is 0 Å². The average Bonchev–Trinajstić information content (AvgIpc) is 2.12. The van der Waals surface area contributed by atoms with E-state index >= 15 is 0 Å². The van der Waals surface area contributed by atoms with E-state index in [0.717, 1.165) is 28.3 Å². The Kier molecular flexibility index (Phi) is 2.39. The Hall–Kier alpha value is -0.400. The molecular formula is C11H11ClS. The highest BCUT2D eigenvalue weighted by atomic mass is 35.5. The summed E-state index contributed by atoms with van der Waals surface area (Å²) in [4.78, 5) is 1.03. The Morgan fingerprint density at radius 3 is 3.00 bits per heavy atom. The molecule has 1 aliphatic rings. The summed E-state index contributed by atoms with van der Waals surface area (Å²) in [5.41, 5.74) is 2.44. The lowest BCUT2D eigenvalue weighted by Crippen LogP contribution is -2.19. The van der Waals surface area contributed by atoms with E-state index in [9.17, 15) is 0 Å². The van der Waals surface area contributed by atoms with E-state index in [1.165, 1.54) is 5.56 Å². The van der Waals surface area contributed by atoms with Crippen molar-refractivity contribution in [1.29, 1.82) is 0 Å². The fraction of sp³-hybridized carbons (Fsp3) is 0.364. The number of thiocarbonyl (C=S) groups is 1. The third-order valence-electron chi connectivity index (χ3n) is 2.64. The minimum Gasteiger partial charge on any atom is -0.0839 e. The summed E-state index contributed by atoms with van der Waals surface area (Å²) >= 11 is 11.5. The maximum atomic E-state index is 6.11. The molecule has 2 rings (SSSR count). The molecule has 0 amide bonds. The molecule has 1 aliphatic carbocycles. The van der Waals surface area contributed by atoms with Crippen molar-refractivity contribution >= 4 is 28.7 Å². The largest absolute Gasteiger partial charge is 0.0839 e. The SMILES string of the molecule is CC1CCc2cccc(Cl)c2C1=S. The van der Waals surface area contributed by atoms with Crippen molar-refractivity contribution in [3.63, 3.8) is 0 Å². The first kappa shape index (κ1) is 9.17. The minimum absolute atomic E-state index is 0.502. The van der Waals surface area contributed by atoms with Crippen LogP contribution in [0.25, 0.3) is 0 Å². The van der Waals surface area contributed by atoms with E-state index in [1.54, 1.807) is 0 Å². The molecule has 0 fully saturated rings. The van der Waals surface area contributed by atoms with Crippen LogP contribution in [0.1, 0.15) is 24.5 Å². The molecule has 0 bridgehead atoms. The lowest BCUT2D eigenvalue weighted by Gasteiger charge is -2.23. The Balaban J connectivity index is 2.57. The summed E-state index contributed by atoms with van der Waals surface area (Å²) in [6.45, 7) is 2.18. The highest BCUT2D eigenvalue weighted by molar-refractivity contribution is 7.80. The second-order valence-corrected chi connectivity index (χ2v) is 4.42. The molecule has 0 spiro atoms. The van der Waals surface area contributed by atoms with E-state index in [2.05, 4.69) is 13.0 Å². The molecule has 1 aromatic carbocycles. The van der Waals surface area contributed by atoms with Gasteiger partial charge in [0.1, 0.15) is 0 Å². The quantitative estimate of drug-likeness (QED) is 0.590. The highest BCUT2D eigenvalue weighted by Gasteiger charge is 2.22. The maximum absolute atomic E-state index is 6.11. The zero-order valence-electron chi connectivity index (χ0n) is 7.51. The molecule has 0 N–H and O–H groups in total. The molecule has 0 saturated heterocycles. The second kappa shape index (κ2) is 3.39. The van der Waals surface area contributed by atoms with E-state index in [1.807, 2.05) is 12.1 Å². The van der Waals surface area contributed by atoms with Crippen LogP contribution in [0.5, 0.6) is 0 Å². The number of rotatable bonds is 0. The van der Waals surface area contributed by atoms with Gasteiger partial charge < -0.3 is 0 Å². The first-order valence-corrected chi connectivity index (χ1v) is 5.30. The molecule has 1 aromatic rings. The fourth-order valence-electron chi connectivity index (χ4n) is 1.80. The van der Waals surface area contributed by atoms with Crippen molar-refractivity contribution < 1.29 is 0 Å². The summed E-state index contributed by atoms with van der Waals surface area (Å²) in [6.07, 6.45) is 2.27. The Labute approximate surface area is 88.9 Å². The van der Waals surface area contributed by atoms with E-state index in [4.69, 9.17) is 23.8 Å². The van der Waals surface area contributed by atoms with Crippen molar-refractivity contribution in [3.05, 3.63) is 34.3 Å². The standard InChI is InChI=1S/C11H11ClS/c1-7-5-6-8-3-2-4-9(12)10(8)11(7)13/h2-4,7H,5-6H2,1H3. The highest BCUT2D eigenvalue weighted by Crippen LogP contribution is 2.31. The number of benzene rings is 1. The van der Waals surface area contributed by atoms with Crippen LogP contribution in [-0.4, -0.2) is 4.86 Å². The maximum Gasteiger partial charge on any atom is 0.0492 e. The molecule has 0 nitrogen and oxygen atoms in total. The third kappa shape index (κ3) is 1.51. The third-order valence-corrected chi connectivity index (χ3v) is 3.56. The number of halogens is 1. The predicted molar refractivity (Wildman–Crippen MR) is 60.6 cm³/mol. The van der Waals surface area contributed by atoms with Crippen molar-refractivity contribution in [1.82, 2.24) is 0 Å². The molecule has 0 saturated carbocycles. The monoisotopic (exact) mass is 210 g/mol. The molecule has 0 radical (unpaired) electrons. The summed E-state index contributed by atoms with van der Waals surface area (Å²) < 4.78 is 0. The lowest BCUT2D eigenvalue weighted by atomic mass is 9.85. The molecule has 1 unspecified atom stereocenters. The minimum atomic E-state index is 0.502. The zero-order valence-corrected chi connectivity index (χ0v) is 9.08. The Bertz CT molecular complexity index is 357. The second-order valence-electron chi connectivity index (χ2n) is 3.58. The number of hydrogen-bond acceptors (Lipinski definition) is 1. The van der Waals surface area contributed by atoms with Crippen molar-refractivity contribution in [2.75, 3.05) is 0 Å². The van der Waals surface area contributed by atoms with Gasteiger partial charge in [0.2, 0.25) is 0 Å². The van der Waals surface area contributed by atoms with E-state index in [0.29, 0.717) is 5.92 Å². The van der Waals surface area contributed by atoms with Crippen LogP contribution in [0.2, 0.25) is 5.02 Å². The average molecular weight is 211 g/mol. The van der Waals surface area contributed by atoms with Gasteiger partial charge in [-0.1, -0.05) is 42.9 Å². The van der Waals surface area contributed by atoms with Crippen LogP contribution in [0, 0.1) is 5.92 Å². The van der Waals surface area contributed by atoms with Gasteiger partial charge in [-0.05, 0) is 30.4 Å². The normalized spacial score (nSPS) is 21.4. The summed E-state index contributed by atoms with van der Waals surface area (Å²) in [6, 6.07) is 6.05. The molecule has 68 valence electrons. The van der Waals surface area contributed by atoms with Crippen molar-refractivity contribution in [2.45, 2.75) is 19.8 Å². The predicted octanol–water partition coefficient (Wildman–Crippen LogP) is 3.64. The van der Waals surface area contributed by atoms with Crippen LogP contribution >= 0.6 is 23.8 Å². The van der Waals surface area contributed by atoms with Gasteiger partial charge in [-0.3, -0.25) is 0 Å². The number of fused-ring (bicyclic) bond motifs is 1. The Morgan fingerprint density at radius 1 is 1.46 bits per heavy atom. The number of aryl methyl sites for hydroxylation is 1. The van der Waals surface area contributed by atoms with Crippen molar-refractivity contribution in [3.8, 4) is 0 Å². The van der Waals surface area contributed by atoms with Crippen LogP contribution in [-0.2, 0) is 6.42 Å². The van der Waals surface area contributed by atoms with Gasteiger partial charge in [-0.15, -0.1) is 0 Å². The van der Waals surface area contributed by atoms with Crippen LogP contribution in [0.3, 0.4) is 0 Å². The van der Waals surface area contributed by atoms with Crippen LogP contribution in [0.4, 0.5) is 0 Å². The molecule has 0 aliphatic heterocycles. The molecule has 2 heteroatoms.